The normalized spacial score (nSPS) is 40.1. The molecule has 0 radical (unpaired) electrons. The molecule has 0 aromatic rings. The number of methoxy groups -OCH3 is 1. The van der Waals surface area contributed by atoms with Gasteiger partial charge < -0.3 is 9.47 Å². The van der Waals surface area contributed by atoms with Gasteiger partial charge in [-0.2, -0.15) is 0 Å². The van der Waals surface area contributed by atoms with Gasteiger partial charge in [-0.3, -0.25) is 0 Å². The minimum absolute atomic E-state index is 0.0764. The molecule has 2 rings (SSSR count). The number of ether oxygens (including phenoxy) is 2. The summed E-state index contributed by atoms with van der Waals surface area (Å²) in [5.74, 6) is 1.16. The van der Waals surface area contributed by atoms with Gasteiger partial charge in [0, 0.05) is 7.11 Å². The molecule has 14 heavy (non-hydrogen) atoms. The van der Waals surface area contributed by atoms with E-state index < -0.39 is 0 Å². The van der Waals surface area contributed by atoms with Crippen LogP contribution in [0.25, 0.3) is 0 Å². The Balaban J connectivity index is 1.93. The monoisotopic (exact) mass is 198 g/mol. The first-order valence-electron chi connectivity index (χ1n) is 5.35. The van der Waals surface area contributed by atoms with E-state index in [2.05, 4.69) is 6.92 Å². The molecule has 3 heteroatoms. The van der Waals surface area contributed by atoms with E-state index >= 15 is 0 Å². The van der Waals surface area contributed by atoms with Crippen molar-refractivity contribution in [3.63, 3.8) is 0 Å². The Bertz CT molecular complexity index is 239. The summed E-state index contributed by atoms with van der Waals surface area (Å²) in [6, 6.07) is 0. The number of esters is 1. The quantitative estimate of drug-likeness (QED) is 0.648. The van der Waals surface area contributed by atoms with Crippen molar-refractivity contribution in [1.29, 1.82) is 0 Å². The summed E-state index contributed by atoms with van der Waals surface area (Å²) in [5.41, 5.74) is -0.196. The largest absolute Gasteiger partial charge is 0.457 e. The second-order valence-electron chi connectivity index (χ2n) is 4.80. The molecular weight excluding hydrogens is 180 g/mol. The van der Waals surface area contributed by atoms with E-state index in [1.807, 2.05) is 0 Å². The van der Waals surface area contributed by atoms with E-state index in [0.717, 1.165) is 12.3 Å². The highest BCUT2D eigenvalue weighted by molar-refractivity contribution is 5.71. The third kappa shape index (κ3) is 1.65. The van der Waals surface area contributed by atoms with Crippen LogP contribution in [0.5, 0.6) is 0 Å². The first-order chi connectivity index (χ1) is 6.64. The van der Waals surface area contributed by atoms with Crippen LogP contribution in [-0.4, -0.2) is 25.3 Å². The van der Waals surface area contributed by atoms with Crippen LogP contribution in [-0.2, 0) is 14.3 Å². The average Bonchev–Trinajstić information content (AvgIpc) is 2.62. The number of carbonyl (C=O) groups is 1. The van der Waals surface area contributed by atoms with E-state index in [1.54, 1.807) is 0 Å². The molecule has 0 amide bonds. The highest BCUT2D eigenvalue weighted by atomic mass is 16.6. The van der Waals surface area contributed by atoms with Crippen LogP contribution in [0.3, 0.4) is 0 Å². The first kappa shape index (κ1) is 9.97. The van der Waals surface area contributed by atoms with Crippen LogP contribution in [0.2, 0.25) is 0 Å². The average molecular weight is 198 g/mol. The molecule has 80 valence electrons. The van der Waals surface area contributed by atoms with E-state index in [9.17, 15) is 4.79 Å². The van der Waals surface area contributed by atoms with Crippen molar-refractivity contribution < 1.29 is 14.3 Å². The number of fused-ring (bicyclic) bond motifs is 2. The fourth-order valence-electron chi connectivity index (χ4n) is 3.09. The second kappa shape index (κ2) is 3.54. The van der Waals surface area contributed by atoms with Gasteiger partial charge in [0.1, 0.15) is 12.2 Å². The lowest BCUT2D eigenvalue weighted by Gasteiger charge is -2.33. The number of hydrogen-bond donors (Lipinski definition) is 0. The molecule has 2 saturated carbocycles. The van der Waals surface area contributed by atoms with Crippen LogP contribution in [0, 0.1) is 11.8 Å². The minimum Gasteiger partial charge on any atom is -0.457 e. The van der Waals surface area contributed by atoms with Gasteiger partial charge in [0.15, 0.2) is 0 Å². The summed E-state index contributed by atoms with van der Waals surface area (Å²) in [6.45, 7) is 2.15. The number of hydrogen-bond acceptors (Lipinski definition) is 3. The third-order valence-corrected chi connectivity index (χ3v) is 3.71. The molecule has 2 bridgehead atoms. The lowest BCUT2D eigenvalue weighted by atomic mass is 9.86. The Morgan fingerprint density at radius 3 is 2.79 bits per heavy atom. The van der Waals surface area contributed by atoms with Gasteiger partial charge in [0.25, 0.3) is 0 Å². The summed E-state index contributed by atoms with van der Waals surface area (Å²) in [6.07, 6.45) is 4.84. The molecule has 0 aromatic heterocycles. The van der Waals surface area contributed by atoms with Gasteiger partial charge in [0.05, 0.1) is 0 Å². The predicted molar refractivity (Wildman–Crippen MR) is 51.8 cm³/mol. The summed E-state index contributed by atoms with van der Waals surface area (Å²) in [5, 5.41) is 0. The zero-order valence-corrected chi connectivity index (χ0v) is 8.91. The molecule has 2 fully saturated rings. The lowest BCUT2D eigenvalue weighted by molar-refractivity contribution is -0.167. The van der Waals surface area contributed by atoms with Crippen molar-refractivity contribution in [3.8, 4) is 0 Å². The van der Waals surface area contributed by atoms with Crippen LogP contribution < -0.4 is 0 Å². The summed E-state index contributed by atoms with van der Waals surface area (Å²) in [7, 11) is 1.52. The summed E-state index contributed by atoms with van der Waals surface area (Å²) >= 11 is 0. The Hall–Kier alpha value is -0.570. The van der Waals surface area contributed by atoms with E-state index in [4.69, 9.17) is 9.47 Å². The molecule has 3 atom stereocenters. The van der Waals surface area contributed by atoms with Crippen molar-refractivity contribution in [2.75, 3.05) is 13.7 Å². The molecule has 2 aliphatic carbocycles. The Labute approximate surface area is 84.8 Å². The van der Waals surface area contributed by atoms with Crippen molar-refractivity contribution in [3.05, 3.63) is 0 Å². The van der Waals surface area contributed by atoms with Gasteiger partial charge >= 0.3 is 5.97 Å². The SMILES string of the molecule is COCC(=O)OC1(C)CC2CCC1C2. The van der Waals surface area contributed by atoms with Crippen molar-refractivity contribution in [1.82, 2.24) is 0 Å². The molecule has 0 saturated heterocycles. The van der Waals surface area contributed by atoms with Crippen LogP contribution in [0.4, 0.5) is 0 Å². The predicted octanol–water partition coefficient (Wildman–Crippen LogP) is 1.75. The topological polar surface area (TPSA) is 35.5 Å². The first-order valence-corrected chi connectivity index (χ1v) is 5.35. The highest BCUT2D eigenvalue weighted by Crippen LogP contribution is 2.52. The van der Waals surface area contributed by atoms with Gasteiger partial charge in [0.2, 0.25) is 0 Å². The van der Waals surface area contributed by atoms with E-state index in [1.165, 1.54) is 26.4 Å². The van der Waals surface area contributed by atoms with E-state index in [-0.39, 0.29) is 18.2 Å². The van der Waals surface area contributed by atoms with E-state index in [0.29, 0.717) is 5.92 Å². The zero-order valence-electron chi connectivity index (χ0n) is 8.91. The highest BCUT2D eigenvalue weighted by Gasteiger charge is 2.50. The molecule has 3 unspecified atom stereocenters. The summed E-state index contributed by atoms with van der Waals surface area (Å²) in [4.78, 5) is 11.3. The van der Waals surface area contributed by atoms with Gasteiger partial charge in [-0.15, -0.1) is 0 Å². The minimum atomic E-state index is -0.220. The molecule has 0 heterocycles. The standard InChI is InChI=1S/C11H18O3/c1-11(14-10(12)7-13-2)6-8-3-4-9(11)5-8/h8-9H,3-7H2,1-2H3. The fourth-order valence-corrected chi connectivity index (χ4v) is 3.09. The van der Waals surface area contributed by atoms with Gasteiger partial charge in [-0.05, 0) is 44.4 Å². The fraction of sp³-hybridized carbons (Fsp3) is 0.909. The molecule has 2 aliphatic rings. The van der Waals surface area contributed by atoms with Gasteiger partial charge in [-0.25, -0.2) is 4.79 Å². The maximum absolute atomic E-state index is 11.3. The summed E-state index contributed by atoms with van der Waals surface area (Å²) < 4.78 is 10.3. The maximum Gasteiger partial charge on any atom is 0.332 e. The lowest BCUT2D eigenvalue weighted by Crippen LogP contribution is -2.38. The third-order valence-electron chi connectivity index (χ3n) is 3.71. The molecule has 0 spiro atoms. The molecule has 0 N–H and O–H groups in total. The Morgan fingerprint density at radius 1 is 1.50 bits per heavy atom. The number of carbonyl (C=O) groups excluding carboxylic acids is 1. The van der Waals surface area contributed by atoms with Crippen molar-refractivity contribution in [2.45, 2.75) is 38.2 Å². The molecule has 3 nitrogen and oxygen atoms in total. The second-order valence-corrected chi connectivity index (χ2v) is 4.80. The van der Waals surface area contributed by atoms with Crippen LogP contribution >= 0.6 is 0 Å². The molecular formula is C11H18O3. The molecule has 0 aliphatic heterocycles. The van der Waals surface area contributed by atoms with Crippen molar-refractivity contribution >= 4 is 5.97 Å². The van der Waals surface area contributed by atoms with Gasteiger partial charge in [-0.1, -0.05) is 0 Å². The Kier molecular flexibility index (Phi) is 2.52. The van der Waals surface area contributed by atoms with Crippen molar-refractivity contribution in [2.24, 2.45) is 11.8 Å². The Morgan fingerprint density at radius 2 is 2.29 bits per heavy atom. The molecule has 0 aromatic carbocycles. The number of rotatable bonds is 3. The smallest absolute Gasteiger partial charge is 0.332 e. The maximum atomic E-state index is 11.3. The van der Waals surface area contributed by atoms with Crippen LogP contribution in [0.1, 0.15) is 32.6 Å². The van der Waals surface area contributed by atoms with Crippen LogP contribution in [0.15, 0.2) is 0 Å². The zero-order chi connectivity index (χ0) is 10.2.